The maximum atomic E-state index is 13.2. The second kappa shape index (κ2) is 10.5. The first-order valence-electron chi connectivity index (χ1n) is 12.5. The van der Waals surface area contributed by atoms with E-state index in [1.54, 1.807) is 30.3 Å². The second-order valence-corrected chi connectivity index (χ2v) is 11.5. The van der Waals surface area contributed by atoms with E-state index in [9.17, 15) is 22.7 Å². The Morgan fingerprint density at radius 3 is 2.38 bits per heavy atom. The van der Waals surface area contributed by atoms with Crippen molar-refractivity contribution in [3.8, 4) is 11.5 Å². The Hall–Kier alpha value is -3.67. The van der Waals surface area contributed by atoms with Crippen LogP contribution in [0.15, 0.2) is 77.2 Å². The number of carbonyl (C=O) groups excluding carboxylic acids is 1. The molecule has 0 fully saturated rings. The number of hydrogen-bond acceptors (Lipinski definition) is 7. The summed E-state index contributed by atoms with van der Waals surface area (Å²) in [6, 6.07) is 12.6. The average Bonchev–Trinajstić information content (AvgIpc) is 3.22. The summed E-state index contributed by atoms with van der Waals surface area (Å²) in [5, 5.41) is 12.4. The van der Waals surface area contributed by atoms with Crippen LogP contribution in [0.25, 0.3) is 5.76 Å². The standard InChI is InChI=1S/C28H29FN2O7S/c1-16-22-12-23-25(13-24(22)31(39(3,34)35)14-21(15-32)36-16)38-27(26(23)28(33)30-2)17-4-8-19(9-5-17)37-20-10-6-18(29)7-11-20/h4-11,13,16,21,23,32H,12,14-15H2,1-3H3,(H,30,33). The van der Waals surface area contributed by atoms with E-state index in [1.165, 1.54) is 35.6 Å². The summed E-state index contributed by atoms with van der Waals surface area (Å²) in [6.07, 6.45) is 1.90. The van der Waals surface area contributed by atoms with Crippen molar-refractivity contribution < 1.29 is 36.9 Å². The lowest BCUT2D eigenvalue weighted by atomic mass is 9.83. The molecule has 2 aliphatic heterocycles. The van der Waals surface area contributed by atoms with Gasteiger partial charge in [0.2, 0.25) is 10.0 Å². The third-order valence-electron chi connectivity index (χ3n) is 6.96. The van der Waals surface area contributed by atoms with E-state index in [0.717, 1.165) is 6.26 Å². The van der Waals surface area contributed by atoms with Crippen molar-refractivity contribution in [1.29, 1.82) is 0 Å². The molecule has 0 saturated heterocycles. The molecule has 11 heteroatoms. The van der Waals surface area contributed by atoms with Gasteiger partial charge in [-0.1, -0.05) is 0 Å². The van der Waals surface area contributed by atoms with E-state index in [1.807, 2.05) is 6.92 Å². The molecule has 0 saturated carbocycles. The molecule has 0 spiro atoms. The zero-order chi connectivity index (χ0) is 27.9. The molecule has 2 aromatic rings. The largest absolute Gasteiger partial charge is 0.460 e. The Bertz CT molecular complexity index is 1480. The minimum absolute atomic E-state index is 0.0366. The van der Waals surface area contributed by atoms with E-state index in [0.29, 0.717) is 51.8 Å². The van der Waals surface area contributed by atoms with Gasteiger partial charge in [-0.2, -0.15) is 0 Å². The molecule has 2 N–H and O–H groups in total. The predicted molar refractivity (Wildman–Crippen MR) is 141 cm³/mol. The van der Waals surface area contributed by atoms with Crippen LogP contribution in [0.5, 0.6) is 11.5 Å². The van der Waals surface area contributed by atoms with Gasteiger partial charge in [-0.15, -0.1) is 0 Å². The smallest absolute Gasteiger partial charge is 0.251 e. The number of carbonyl (C=O) groups is 1. The lowest BCUT2D eigenvalue weighted by Gasteiger charge is -2.29. The molecule has 1 amide bonds. The van der Waals surface area contributed by atoms with Crippen LogP contribution >= 0.6 is 0 Å². The van der Waals surface area contributed by atoms with Gasteiger partial charge in [0.25, 0.3) is 5.91 Å². The average molecular weight is 557 g/mol. The zero-order valence-electron chi connectivity index (χ0n) is 21.7. The Morgan fingerprint density at radius 1 is 1.15 bits per heavy atom. The SMILES string of the molecule is CNC(=O)C1=C(c2ccc(Oc3ccc(F)cc3)cc2)OC2=CC3=C(CC21)C(C)OC(CO)CN3S(C)(=O)=O. The number of nitrogens with zero attached hydrogens (tertiary/aromatic N) is 1. The zero-order valence-corrected chi connectivity index (χ0v) is 22.5. The van der Waals surface area contributed by atoms with Crippen molar-refractivity contribution in [2.45, 2.75) is 25.6 Å². The van der Waals surface area contributed by atoms with Crippen molar-refractivity contribution in [2.24, 2.45) is 5.92 Å². The first-order valence-corrected chi connectivity index (χ1v) is 14.3. The highest BCUT2D eigenvalue weighted by Crippen LogP contribution is 2.48. The van der Waals surface area contributed by atoms with E-state index >= 15 is 0 Å². The van der Waals surface area contributed by atoms with Gasteiger partial charge in [0, 0.05) is 18.7 Å². The van der Waals surface area contributed by atoms with Crippen LogP contribution in [-0.4, -0.2) is 62.4 Å². The molecule has 2 heterocycles. The molecule has 5 rings (SSSR count). The fourth-order valence-electron chi connectivity index (χ4n) is 5.07. The fourth-order valence-corrected chi connectivity index (χ4v) is 6.04. The number of rotatable bonds is 6. The summed E-state index contributed by atoms with van der Waals surface area (Å²) in [7, 11) is -2.15. The molecule has 9 nitrogen and oxygen atoms in total. The van der Waals surface area contributed by atoms with E-state index < -0.39 is 28.1 Å². The first-order chi connectivity index (χ1) is 18.6. The predicted octanol–water partition coefficient (Wildman–Crippen LogP) is 3.30. The third-order valence-corrected chi connectivity index (χ3v) is 8.10. The first kappa shape index (κ1) is 26.9. The molecular weight excluding hydrogens is 527 g/mol. The Labute approximate surface area is 226 Å². The van der Waals surface area contributed by atoms with Crippen molar-refractivity contribution in [3.05, 3.63) is 88.6 Å². The van der Waals surface area contributed by atoms with Crippen molar-refractivity contribution >= 4 is 21.7 Å². The second-order valence-electron chi connectivity index (χ2n) is 9.60. The van der Waals surface area contributed by atoms with E-state index in [-0.39, 0.29) is 24.9 Å². The fraction of sp³-hybridized carbons (Fsp3) is 0.321. The van der Waals surface area contributed by atoms with Crippen molar-refractivity contribution in [3.63, 3.8) is 0 Å². The van der Waals surface area contributed by atoms with Crippen molar-refractivity contribution in [2.75, 3.05) is 26.5 Å². The molecule has 1 aliphatic carbocycles. The van der Waals surface area contributed by atoms with Crippen LogP contribution in [0.3, 0.4) is 0 Å². The number of sulfonamides is 1. The highest BCUT2D eigenvalue weighted by molar-refractivity contribution is 7.88. The van der Waals surface area contributed by atoms with Gasteiger partial charge < -0.3 is 24.6 Å². The number of ether oxygens (including phenoxy) is 3. The minimum Gasteiger partial charge on any atom is -0.460 e. The van der Waals surface area contributed by atoms with Crippen molar-refractivity contribution in [1.82, 2.24) is 9.62 Å². The van der Waals surface area contributed by atoms with Gasteiger partial charge in [0.15, 0.2) is 0 Å². The number of benzene rings is 2. The Kier molecular flexibility index (Phi) is 7.23. The molecule has 3 aliphatic rings. The highest BCUT2D eigenvalue weighted by Gasteiger charge is 2.44. The summed E-state index contributed by atoms with van der Waals surface area (Å²) >= 11 is 0. The quantitative estimate of drug-likeness (QED) is 0.561. The molecule has 3 atom stereocenters. The summed E-state index contributed by atoms with van der Waals surface area (Å²) in [4.78, 5) is 13.1. The number of hydrogen-bond donors (Lipinski definition) is 2. The van der Waals surface area contributed by atoms with Gasteiger partial charge in [-0.25, -0.2) is 12.8 Å². The maximum absolute atomic E-state index is 13.2. The molecule has 206 valence electrons. The Morgan fingerprint density at radius 2 is 1.79 bits per heavy atom. The minimum atomic E-state index is -3.69. The maximum Gasteiger partial charge on any atom is 0.251 e. The molecule has 0 bridgehead atoms. The molecule has 0 aromatic heterocycles. The van der Waals surface area contributed by atoms with E-state index in [4.69, 9.17) is 14.2 Å². The van der Waals surface area contributed by atoms with Crippen LogP contribution in [0.2, 0.25) is 0 Å². The number of halogens is 1. The number of likely N-dealkylation sites (N-methyl/N-ethyl adjacent to an activating group) is 1. The van der Waals surface area contributed by atoms with Crippen LogP contribution in [0, 0.1) is 11.7 Å². The number of amides is 1. The lowest BCUT2D eigenvalue weighted by Crippen LogP contribution is -2.37. The van der Waals surface area contributed by atoms with Gasteiger partial charge in [-0.3, -0.25) is 9.10 Å². The molecule has 3 unspecified atom stereocenters. The highest BCUT2D eigenvalue weighted by atomic mass is 32.2. The summed E-state index contributed by atoms with van der Waals surface area (Å²) in [5.41, 5.74) is 2.20. The lowest BCUT2D eigenvalue weighted by molar-refractivity contribution is -0.117. The Balaban J connectivity index is 1.49. The van der Waals surface area contributed by atoms with Gasteiger partial charge in [0.05, 0.1) is 48.8 Å². The number of nitrogens with one attached hydrogen (secondary N) is 1. The van der Waals surface area contributed by atoms with Crippen LogP contribution in [0.1, 0.15) is 18.9 Å². The summed E-state index contributed by atoms with van der Waals surface area (Å²) < 4.78 is 57.9. The molecule has 39 heavy (non-hydrogen) atoms. The van der Waals surface area contributed by atoms with Gasteiger partial charge in [0.1, 0.15) is 28.8 Å². The van der Waals surface area contributed by atoms with Crippen LogP contribution in [0.4, 0.5) is 4.39 Å². The summed E-state index contributed by atoms with van der Waals surface area (Å²) in [6.45, 7) is 1.44. The van der Waals surface area contributed by atoms with E-state index in [2.05, 4.69) is 5.32 Å². The summed E-state index contributed by atoms with van der Waals surface area (Å²) in [5.74, 6) is 0.688. The molecular formula is C28H29FN2O7S. The molecule has 0 radical (unpaired) electrons. The van der Waals surface area contributed by atoms with Gasteiger partial charge in [-0.05, 0) is 67.4 Å². The third kappa shape index (κ3) is 5.29. The molecule has 2 aromatic carbocycles. The number of aliphatic hydroxyl groups is 1. The topological polar surface area (TPSA) is 114 Å². The number of allylic oxidation sites excluding steroid dienone is 2. The normalized spacial score (nSPS) is 22.9. The number of aliphatic hydroxyl groups excluding tert-OH is 1. The van der Waals surface area contributed by atoms with Crippen LogP contribution < -0.4 is 10.1 Å². The van der Waals surface area contributed by atoms with Gasteiger partial charge >= 0.3 is 0 Å². The number of fused-ring (bicyclic) bond motifs is 1. The monoisotopic (exact) mass is 556 g/mol. The van der Waals surface area contributed by atoms with Crippen LogP contribution in [-0.2, 0) is 24.3 Å².